The lowest BCUT2D eigenvalue weighted by atomic mass is 10.1. The van der Waals surface area contributed by atoms with E-state index in [1.165, 1.54) is 18.0 Å². The van der Waals surface area contributed by atoms with Gasteiger partial charge < -0.3 is 15.5 Å². The number of thioether (sulfide) groups is 1. The van der Waals surface area contributed by atoms with E-state index in [2.05, 4.69) is 15.3 Å². The molecule has 1 heterocycles. The lowest BCUT2D eigenvalue weighted by molar-refractivity contribution is 0.0696. The van der Waals surface area contributed by atoms with Crippen molar-refractivity contribution < 1.29 is 15.0 Å². The molecule has 0 aliphatic carbocycles. The molecule has 0 aliphatic heterocycles. The van der Waals surface area contributed by atoms with E-state index in [4.69, 9.17) is 0 Å². The monoisotopic (exact) mass is 319 g/mol. The highest BCUT2D eigenvalue weighted by atomic mass is 32.2. The van der Waals surface area contributed by atoms with E-state index in [9.17, 15) is 15.0 Å². The minimum Gasteiger partial charge on any atom is -0.477 e. The van der Waals surface area contributed by atoms with Gasteiger partial charge in [-0.15, -0.1) is 0 Å². The summed E-state index contributed by atoms with van der Waals surface area (Å²) in [6, 6.07) is 9.34. The Labute approximate surface area is 132 Å². The molecule has 0 spiro atoms. The van der Waals surface area contributed by atoms with E-state index in [0.29, 0.717) is 11.6 Å². The number of rotatable bonds is 7. The summed E-state index contributed by atoms with van der Waals surface area (Å²) in [5, 5.41) is 22.2. The summed E-state index contributed by atoms with van der Waals surface area (Å²) in [7, 11) is 0. The van der Waals surface area contributed by atoms with Crippen molar-refractivity contribution in [3.05, 3.63) is 47.7 Å². The smallest absolute Gasteiger partial charge is 0.341 e. The molecule has 0 radical (unpaired) electrons. The summed E-state index contributed by atoms with van der Waals surface area (Å²) in [5.41, 5.74) is 1.04. The van der Waals surface area contributed by atoms with Crippen molar-refractivity contribution >= 4 is 23.5 Å². The number of benzene rings is 1. The van der Waals surface area contributed by atoms with Gasteiger partial charge in [0.1, 0.15) is 11.4 Å². The predicted molar refractivity (Wildman–Crippen MR) is 85.4 cm³/mol. The first-order chi connectivity index (χ1) is 10.6. The molecule has 1 aromatic heterocycles. The van der Waals surface area contributed by atoms with Gasteiger partial charge in [-0.1, -0.05) is 42.1 Å². The Morgan fingerprint density at radius 3 is 2.68 bits per heavy atom. The van der Waals surface area contributed by atoms with E-state index < -0.39 is 5.97 Å². The molecule has 6 nitrogen and oxygen atoms in total. The van der Waals surface area contributed by atoms with E-state index in [0.717, 1.165) is 5.56 Å². The topological polar surface area (TPSA) is 95.3 Å². The molecule has 1 atom stereocenters. The second-order valence-corrected chi connectivity index (χ2v) is 5.41. The average molecular weight is 319 g/mol. The van der Waals surface area contributed by atoms with Crippen molar-refractivity contribution in [3.8, 4) is 0 Å². The van der Waals surface area contributed by atoms with Crippen molar-refractivity contribution in [1.29, 1.82) is 0 Å². The van der Waals surface area contributed by atoms with Gasteiger partial charge >= 0.3 is 5.97 Å². The van der Waals surface area contributed by atoms with Gasteiger partial charge in [-0.05, 0) is 18.2 Å². The second-order valence-electron chi connectivity index (χ2n) is 4.64. The summed E-state index contributed by atoms with van der Waals surface area (Å²) < 4.78 is 0. The van der Waals surface area contributed by atoms with Crippen LogP contribution in [0.4, 0.5) is 5.82 Å². The number of carboxylic acids is 1. The standard InChI is InChI=1S/C15H17N3O3S/c1-22-15-16-8-12(14(20)21)13(18-15)17-11(9-19)7-10-5-3-2-4-6-10/h2-6,8,11,19H,7,9H2,1H3,(H,20,21)(H,16,17,18)/t11-/m0/s1. The van der Waals surface area contributed by atoms with E-state index >= 15 is 0 Å². The number of aromatic carboxylic acids is 1. The number of anilines is 1. The molecule has 0 unspecified atom stereocenters. The van der Waals surface area contributed by atoms with Gasteiger partial charge in [0.15, 0.2) is 5.16 Å². The molecule has 0 bridgehead atoms. The zero-order valence-electron chi connectivity index (χ0n) is 12.1. The van der Waals surface area contributed by atoms with Crippen LogP contribution >= 0.6 is 11.8 Å². The Morgan fingerprint density at radius 2 is 2.09 bits per heavy atom. The Balaban J connectivity index is 2.21. The largest absolute Gasteiger partial charge is 0.477 e. The fourth-order valence-electron chi connectivity index (χ4n) is 1.98. The zero-order valence-corrected chi connectivity index (χ0v) is 12.9. The maximum atomic E-state index is 11.3. The molecule has 0 saturated carbocycles. The molecule has 1 aromatic carbocycles. The van der Waals surface area contributed by atoms with E-state index in [1.807, 2.05) is 36.6 Å². The van der Waals surface area contributed by atoms with Crippen LogP contribution in [-0.4, -0.2) is 45.1 Å². The normalized spacial score (nSPS) is 11.9. The van der Waals surface area contributed by atoms with Gasteiger partial charge in [-0.2, -0.15) is 0 Å². The molecule has 0 amide bonds. The number of nitrogens with zero attached hydrogens (tertiary/aromatic N) is 2. The van der Waals surface area contributed by atoms with Crippen LogP contribution in [0.15, 0.2) is 41.7 Å². The Bertz CT molecular complexity index is 637. The van der Waals surface area contributed by atoms with Crippen LogP contribution in [0.1, 0.15) is 15.9 Å². The molecule has 0 aliphatic rings. The molecule has 3 N–H and O–H groups in total. The first-order valence-electron chi connectivity index (χ1n) is 6.69. The van der Waals surface area contributed by atoms with Crippen LogP contribution in [0.25, 0.3) is 0 Å². The van der Waals surface area contributed by atoms with Gasteiger partial charge in [0.2, 0.25) is 0 Å². The van der Waals surface area contributed by atoms with Crippen LogP contribution in [0.3, 0.4) is 0 Å². The maximum Gasteiger partial charge on any atom is 0.341 e. The molecular formula is C15H17N3O3S. The number of hydrogen-bond acceptors (Lipinski definition) is 6. The van der Waals surface area contributed by atoms with Gasteiger partial charge in [-0.25, -0.2) is 14.8 Å². The van der Waals surface area contributed by atoms with Crippen molar-refractivity contribution in [1.82, 2.24) is 9.97 Å². The summed E-state index contributed by atoms with van der Waals surface area (Å²) in [4.78, 5) is 19.4. The predicted octanol–water partition coefficient (Wildman–Crippen LogP) is 1.91. The number of carbonyl (C=O) groups is 1. The van der Waals surface area contributed by atoms with E-state index in [1.54, 1.807) is 0 Å². The highest BCUT2D eigenvalue weighted by Gasteiger charge is 2.17. The highest BCUT2D eigenvalue weighted by Crippen LogP contribution is 2.18. The number of aliphatic hydroxyl groups is 1. The fraction of sp³-hybridized carbons (Fsp3) is 0.267. The average Bonchev–Trinajstić information content (AvgIpc) is 2.54. The third-order valence-electron chi connectivity index (χ3n) is 3.07. The van der Waals surface area contributed by atoms with Gasteiger partial charge in [0.25, 0.3) is 0 Å². The first kappa shape index (κ1) is 16.3. The number of aromatic nitrogens is 2. The van der Waals surface area contributed by atoms with Crippen molar-refractivity contribution in [2.45, 2.75) is 17.6 Å². The molecule has 2 aromatic rings. The fourth-order valence-corrected chi connectivity index (χ4v) is 2.32. The summed E-state index contributed by atoms with van der Waals surface area (Å²) in [6.07, 6.45) is 3.66. The summed E-state index contributed by atoms with van der Waals surface area (Å²) in [5.74, 6) is -0.881. The third-order valence-corrected chi connectivity index (χ3v) is 3.63. The van der Waals surface area contributed by atoms with E-state index in [-0.39, 0.29) is 24.0 Å². The molecule has 22 heavy (non-hydrogen) atoms. The molecule has 2 rings (SSSR count). The molecule has 0 saturated heterocycles. The SMILES string of the molecule is CSc1ncc(C(=O)O)c(N[C@H](CO)Cc2ccccc2)n1. The molecular weight excluding hydrogens is 302 g/mol. The highest BCUT2D eigenvalue weighted by molar-refractivity contribution is 7.98. The third kappa shape index (κ3) is 4.19. The molecule has 7 heteroatoms. The number of hydrogen-bond donors (Lipinski definition) is 3. The van der Waals surface area contributed by atoms with Crippen LogP contribution in [-0.2, 0) is 6.42 Å². The van der Waals surface area contributed by atoms with Gasteiger partial charge in [0, 0.05) is 6.20 Å². The quantitative estimate of drug-likeness (QED) is 0.530. The number of carboxylic acid groups (broad SMARTS) is 1. The van der Waals surface area contributed by atoms with Crippen molar-refractivity contribution in [3.63, 3.8) is 0 Å². The number of nitrogens with one attached hydrogen (secondary N) is 1. The van der Waals surface area contributed by atoms with Crippen molar-refractivity contribution in [2.75, 3.05) is 18.2 Å². The molecule has 116 valence electrons. The van der Waals surface area contributed by atoms with Crippen LogP contribution in [0.5, 0.6) is 0 Å². The summed E-state index contributed by atoms with van der Waals surface area (Å²) in [6.45, 7) is -0.132. The number of aliphatic hydroxyl groups excluding tert-OH is 1. The Morgan fingerprint density at radius 1 is 1.36 bits per heavy atom. The van der Waals surface area contributed by atoms with Gasteiger partial charge in [0.05, 0.1) is 12.6 Å². The van der Waals surface area contributed by atoms with Gasteiger partial charge in [-0.3, -0.25) is 0 Å². The minimum absolute atomic E-state index is 0.00990. The first-order valence-corrected chi connectivity index (χ1v) is 7.92. The van der Waals surface area contributed by atoms with Crippen molar-refractivity contribution in [2.24, 2.45) is 0 Å². The Hall–Kier alpha value is -2.12. The lowest BCUT2D eigenvalue weighted by Gasteiger charge is -2.18. The second kappa shape index (κ2) is 7.77. The lowest BCUT2D eigenvalue weighted by Crippen LogP contribution is -2.28. The molecule has 0 fully saturated rings. The minimum atomic E-state index is -1.11. The van der Waals surface area contributed by atoms with Crippen LogP contribution in [0, 0.1) is 0 Å². The maximum absolute atomic E-state index is 11.3. The van der Waals surface area contributed by atoms with Crippen LogP contribution in [0.2, 0.25) is 0 Å². The zero-order chi connectivity index (χ0) is 15.9. The Kier molecular flexibility index (Phi) is 5.74. The summed E-state index contributed by atoms with van der Waals surface area (Å²) >= 11 is 1.32. The van der Waals surface area contributed by atoms with Crippen LogP contribution < -0.4 is 5.32 Å².